The summed E-state index contributed by atoms with van der Waals surface area (Å²) >= 11 is 0. The quantitative estimate of drug-likeness (QED) is 0.644. The second-order valence-electron chi connectivity index (χ2n) is 7.13. The zero-order chi connectivity index (χ0) is 21.3. The van der Waals surface area contributed by atoms with E-state index >= 15 is 0 Å². The highest BCUT2D eigenvalue weighted by molar-refractivity contribution is 6.23. The number of hydrogen-bond acceptors (Lipinski definition) is 4. The molecule has 1 aliphatic heterocycles. The molecule has 0 saturated heterocycles. The zero-order valence-electron chi connectivity index (χ0n) is 16.6. The normalized spacial score (nSPS) is 13.7. The van der Waals surface area contributed by atoms with Gasteiger partial charge in [0, 0.05) is 5.69 Å². The Morgan fingerprint density at radius 3 is 1.87 bits per heavy atom. The van der Waals surface area contributed by atoms with E-state index in [-0.39, 0.29) is 0 Å². The lowest BCUT2D eigenvalue weighted by atomic mass is 10.1. The summed E-state index contributed by atoms with van der Waals surface area (Å²) in [6.07, 6.45) is 0. The van der Waals surface area contributed by atoms with Crippen LogP contribution >= 0.6 is 0 Å². The maximum absolute atomic E-state index is 12.7. The molecule has 150 valence electrons. The molecule has 1 heterocycles. The van der Waals surface area contributed by atoms with Gasteiger partial charge in [-0.15, -0.1) is 0 Å². The number of ether oxygens (including phenoxy) is 1. The molecular formula is C24H20N2O4. The molecule has 30 heavy (non-hydrogen) atoms. The molecule has 3 amide bonds. The molecule has 4 rings (SSSR count). The standard InChI is InChI=1S/C24H20N2O4/c1-15-7-11-18(12-8-15)30-19-13-9-17(10-14-19)25-22(27)16(2)26-23(28)20-5-3-4-6-21(20)24(26)29/h3-14,16H,1-2H3,(H,25,27)/t16-/m1/s1. The van der Waals surface area contributed by atoms with Crippen LogP contribution in [0, 0.1) is 6.92 Å². The lowest BCUT2D eigenvalue weighted by Crippen LogP contribution is -2.45. The minimum atomic E-state index is -0.944. The lowest BCUT2D eigenvalue weighted by Gasteiger charge is -2.21. The van der Waals surface area contributed by atoms with Gasteiger partial charge in [-0.3, -0.25) is 19.3 Å². The number of benzene rings is 3. The minimum absolute atomic E-state index is 0.319. The number of anilines is 1. The molecule has 1 atom stereocenters. The van der Waals surface area contributed by atoms with Crippen molar-refractivity contribution in [1.82, 2.24) is 4.90 Å². The summed E-state index contributed by atoms with van der Waals surface area (Å²) < 4.78 is 5.78. The van der Waals surface area contributed by atoms with Gasteiger partial charge >= 0.3 is 0 Å². The number of hydrogen-bond donors (Lipinski definition) is 1. The summed E-state index contributed by atoms with van der Waals surface area (Å²) in [6.45, 7) is 3.54. The van der Waals surface area contributed by atoms with Gasteiger partial charge < -0.3 is 10.1 Å². The zero-order valence-corrected chi connectivity index (χ0v) is 16.6. The third kappa shape index (κ3) is 3.67. The van der Waals surface area contributed by atoms with Crippen LogP contribution in [-0.2, 0) is 4.79 Å². The van der Waals surface area contributed by atoms with E-state index in [0.717, 1.165) is 16.2 Å². The van der Waals surface area contributed by atoms with Crippen molar-refractivity contribution in [3.05, 3.63) is 89.5 Å². The van der Waals surface area contributed by atoms with Crippen molar-refractivity contribution >= 4 is 23.4 Å². The molecule has 1 N–H and O–H groups in total. The van der Waals surface area contributed by atoms with E-state index in [1.165, 1.54) is 6.92 Å². The van der Waals surface area contributed by atoms with Gasteiger partial charge in [0.05, 0.1) is 11.1 Å². The topological polar surface area (TPSA) is 75.7 Å². The van der Waals surface area contributed by atoms with Crippen LogP contribution in [0.15, 0.2) is 72.8 Å². The third-order valence-corrected chi connectivity index (χ3v) is 4.97. The molecule has 6 nitrogen and oxygen atoms in total. The molecular weight excluding hydrogens is 380 g/mol. The first-order valence-electron chi connectivity index (χ1n) is 9.56. The Balaban J connectivity index is 1.42. The van der Waals surface area contributed by atoms with Crippen molar-refractivity contribution in [1.29, 1.82) is 0 Å². The largest absolute Gasteiger partial charge is 0.457 e. The Morgan fingerprint density at radius 1 is 0.833 bits per heavy atom. The van der Waals surface area contributed by atoms with Gasteiger partial charge in [-0.2, -0.15) is 0 Å². The van der Waals surface area contributed by atoms with Crippen molar-refractivity contribution in [3.8, 4) is 11.5 Å². The molecule has 0 radical (unpaired) electrons. The molecule has 0 fully saturated rings. The van der Waals surface area contributed by atoms with E-state index < -0.39 is 23.8 Å². The number of nitrogens with zero attached hydrogens (tertiary/aromatic N) is 1. The SMILES string of the molecule is Cc1ccc(Oc2ccc(NC(=O)[C@@H](C)N3C(=O)c4ccccc4C3=O)cc2)cc1. The third-order valence-electron chi connectivity index (χ3n) is 4.97. The van der Waals surface area contributed by atoms with Gasteiger partial charge in [0.1, 0.15) is 17.5 Å². The van der Waals surface area contributed by atoms with Crippen molar-refractivity contribution in [2.75, 3.05) is 5.32 Å². The molecule has 0 bridgehead atoms. The summed E-state index contributed by atoms with van der Waals surface area (Å²) in [4.78, 5) is 38.8. The van der Waals surface area contributed by atoms with E-state index in [2.05, 4.69) is 5.32 Å². The van der Waals surface area contributed by atoms with Crippen molar-refractivity contribution < 1.29 is 19.1 Å². The highest BCUT2D eigenvalue weighted by Crippen LogP contribution is 2.26. The number of rotatable bonds is 5. The van der Waals surface area contributed by atoms with Crippen molar-refractivity contribution in [3.63, 3.8) is 0 Å². The maximum Gasteiger partial charge on any atom is 0.262 e. The average Bonchev–Trinajstić information content (AvgIpc) is 3.01. The van der Waals surface area contributed by atoms with E-state index in [1.807, 2.05) is 31.2 Å². The number of carbonyl (C=O) groups excluding carboxylic acids is 3. The van der Waals surface area contributed by atoms with Crippen LogP contribution in [-0.4, -0.2) is 28.7 Å². The van der Waals surface area contributed by atoms with Gasteiger partial charge in [0.2, 0.25) is 5.91 Å². The first-order chi connectivity index (χ1) is 14.4. The van der Waals surface area contributed by atoms with Crippen LogP contribution in [0.25, 0.3) is 0 Å². The smallest absolute Gasteiger partial charge is 0.262 e. The van der Waals surface area contributed by atoms with Gasteiger partial charge in [0.25, 0.3) is 11.8 Å². The van der Waals surface area contributed by atoms with Gasteiger partial charge in [-0.1, -0.05) is 29.8 Å². The summed E-state index contributed by atoms with van der Waals surface area (Å²) in [5.74, 6) is -0.0150. The molecule has 3 aromatic rings. The monoisotopic (exact) mass is 400 g/mol. The summed E-state index contributed by atoms with van der Waals surface area (Å²) in [5.41, 5.74) is 2.33. The average molecular weight is 400 g/mol. The summed E-state index contributed by atoms with van der Waals surface area (Å²) in [5, 5.41) is 2.74. The first kappa shape index (κ1) is 19.4. The second kappa shape index (κ2) is 7.83. The molecule has 3 aromatic carbocycles. The number of carbonyl (C=O) groups is 3. The van der Waals surface area contributed by atoms with Gasteiger partial charge in [-0.05, 0) is 62.4 Å². The first-order valence-corrected chi connectivity index (χ1v) is 9.56. The van der Waals surface area contributed by atoms with E-state index in [1.54, 1.807) is 48.5 Å². The van der Waals surface area contributed by atoms with Crippen LogP contribution in [0.5, 0.6) is 11.5 Å². The van der Waals surface area contributed by atoms with Crippen LogP contribution in [0.1, 0.15) is 33.2 Å². The molecule has 6 heteroatoms. The molecule has 1 aliphatic rings. The van der Waals surface area contributed by atoms with Crippen LogP contribution in [0.2, 0.25) is 0 Å². The van der Waals surface area contributed by atoms with Crippen LogP contribution in [0.4, 0.5) is 5.69 Å². The molecule has 0 unspecified atom stereocenters. The Kier molecular flexibility index (Phi) is 5.06. The number of nitrogens with one attached hydrogen (secondary N) is 1. The highest BCUT2D eigenvalue weighted by atomic mass is 16.5. The fourth-order valence-electron chi connectivity index (χ4n) is 3.27. The predicted molar refractivity (Wildman–Crippen MR) is 113 cm³/mol. The Bertz CT molecular complexity index is 1090. The number of amides is 3. The molecule has 0 spiro atoms. The second-order valence-corrected chi connectivity index (χ2v) is 7.13. The maximum atomic E-state index is 12.7. The van der Waals surface area contributed by atoms with E-state index in [4.69, 9.17) is 4.74 Å². The number of fused-ring (bicyclic) bond motifs is 1. The number of imide groups is 1. The summed E-state index contributed by atoms with van der Waals surface area (Å²) in [7, 11) is 0. The summed E-state index contributed by atoms with van der Waals surface area (Å²) in [6, 6.07) is 20.2. The lowest BCUT2D eigenvalue weighted by molar-refractivity contribution is -0.119. The molecule has 0 saturated carbocycles. The van der Waals surface area contributed by atoms with Crippen molar-refractivity contribution in [2.24, 2.45) is 0 Å². The Labute approximate surface area is 174 Å². The van der Waals surface area contributed by atoms with E-state index in [9.17, 15) is 14.4 Å². The molecule has 0 aliphatic carbocycles. The van der Waals surface area contributed by atoms with Crippen LogP contribution < -0.4 is 10.1 Å². The van der Waals surface area contributed by atoms with E-state index in [0.29, 0.717) is 22.6 Å². The van der Waals surface area contributed by atoms with Crippen molar-refractivity contribution in [2.45, 2.75) is 19.9 Å². The van der Waals surface area contributed by atoms with Crippen LogP contribution in [0.3, 0.4) is 0 Å². The predicted octanol–water partition coefficient (Wildman–Crippen LogP) is 4.41. The fourth-order valence-corrected chi connectivity index (χ4v) is 3.27. The molecule has 0 aromatic heterocycles. The Hall–Kier alpha value is -3.93. The minimum Gasteiger partial charge on any atom is -0.457 e. The number of aryl methyl sites for hydroxylation is 1. The Morgan fingerprint density at radius 2 is 1.33 bits per heavy atom. The van der Waals surface area contributed by atoms with Gasteiger partial charge in [-0.25, -0.2) is 0 Å². The highest BCUT2D eigenvalue weighted by Gasteiger charge is 2.40. The van der Waals surface area contributed by atoms with Gasteiger partial charge in [0.15, 0.2) is 0 Å². The fraction of sp³-hybridized carbons (Fsp3) is 0.125.